The second-order valence-electron chi connectivity index (χ2n) is 16.2. The van der Waals surface area contributed by atoms with E-state index < -0.39 is 0 Å². The minimum Gasteiger partial charge on any atom is -0.454 e. The Hall–Kier alpha value is -8.05. The van der Waals surface area contributed by atoms with Crippen LogP contribution in [0.2, 0.25) is 0 Å². The summed E-state index contributed by atoms with van der Waals surface area (Å²) in [5, 5.41) is 7.15. The molecule has 294 valence electrons. The first-order valence-corrected chi connectivity index (χ1v) is 22.2. The second kappa shape index (κ2) is 14.3. The molecule has 0 unspecified atom stereocenters. The molecule has 13 rings (SSSR count). The SMILES string of the molecule is c1ccc(-c2cc(-c3c(-c4ccccc4)cc(-c4ccccc4)nc3-c3ccccc3)c3c(c2)oc2c(-n4c5ccccc5c5cc6c(cc54)sc4ccccc46)cccc23)cc1. The highest BCUT2D eigenvalue weighted by atomic mass is 32.1. The quantitative estimate of drug-likeness (QED) is 0.167. The zero-order valence-corrected chi connectivity index (χ0v) is 34.8. The number of thiophene rings is 1. The molecule has 9 aromatic carbocycles. The highest BCUT2D eigenvalue weighted by molar-refractivity contribution is 7.25. The molecule has 0 atom stereocenters. The molecule has 0 bridgehead atoms. The number of furan rings is 1. The van der Waals surface area contributed by atoms with Crippen molar-refractivity contribution in [2.24, 2.45) is 0 Å². The van der Waals surface area contributed by atoms with Crippen LogP contribution in [0.3, 0.4) is 0 Å². The molecule has 4 aromatic heterocycles. The van der Waals surface area contributed by atoms with Gasteiger partial charge in [0, 0.05) is 58.4 Å². The molecule has 0 amide bonds. The predicted octanol–water partition coefficient (Wildman–Crippen LogP) is 16.8. The third-order valence-electron chi connectivity index (χ3n) is 12.6. The van der Waals surface area contributed by atoms with Gasteiger partial charge in [-0.15, -0.1) is 11.3 Å². The van der Waals surface area contributed by atoms with Crippen molar-refractivity contribution in [1.29, 1.82) is 0 Å². The maximum Gasteiger partial charge on any atom is 0.159 e. The third-order valence-corrected chi connectivity index (χ3v) is 13.7. The molecule has 0 spiro atoms. The van der Waals surface area contributed by atoms with Crippen molar-refractivity contribution in [2.45, 2.75) is 0 Å². The van der Waals surface area contributed by atoms with Crippen LogP contribution in [0.25, 0.3) is 125 Å². The fraction of sp³-hybridized carbons (Fsp3) is 0. The van der Waals surface area contributed by atoms with E-state index in [2.05, 4.69) is 223 Å². The van der Waals surface area contributed by atoms with Crippen LogP contribution in [-0.4, -0.2) is 9.55 Å². The molecule has 0 fully saturated rings. The summed E-state index contributed by atoms with van der Waals surface area (Å²) in [5.41, 5.74) is 15.5. The summed E-state index contributed by atoms with van der Waals surface area (Å²) in [6.45, 7) is 0. The molecule has 0 saturated carbocycles. The molecule has 0 saturated heterocycles. The van der Waals surface area contributed by atoms with E-state index in [4.69, 9.17) is 9.40 Å². The highest BCUT2D eigenvalue weighted by Crippen LogP contribution is 2.49. The molecule has 63 heavy (non-hydrogen) atoms. The molecule has 4 heteroatoms. The molecule has 3 nitrogen and oxygen atoms in total. The van der Waals surface area contributed by atoms with Crippen LogP contribution < -0.4 is 0 Å². The second-order valence-corrected chi connectivity index (χ2v) is 17.3. The Morgan fingerprint density at radius 2 is 1.03 bits per heavy atom. The van der Waals surface area contributed by atoms with Gasteiger partial charge in [0.1, 0.15) is 5.58 Å². The lowest BCUT2D eigenvalue weighted by molar-refractivity contribution is 0.666. The Bertz CT molecular complexity index is 3820. The van der Waals surface area contributed by atoms with Crippen LogP contribution in [0.1, 0.15) is 0 Å². The van der Waals surface area contributed by atoms with Crippen LogP contribution in [-0.2, 0) is 0 Å². The van der Waals surface area contributed by atoms with E-state index in [1.807, 2.05) is 11.3 Å². The number of pyridine rings is 1. The van der Waals surface area contributed by atoms with E-state index >= 15 is 0 Å². The number of benzene rings is 9. The molecular formula is C59H36N2OS. The van der Waals surface area contributed by atoms with Crippen molar-refractivity contribution in [2.75, 3.05) is 0 Å². The van der Waals surface area contributed by atoms with Gasteiger partial charge in [-0.05, 0) is 76.3 Å². The van der Waals surface area contributed by atoms with E-state index in [-0.39, 0.29) is 0 Å². The Labute approximate surface area is 367 Å². The molecule has 0 aliphatic rings. The minimum atomic E-state index is 0.826. The monoisotopic (exact) mass is 820 g/mol. The van der Waals surface area contributed by atoms with Gasteiger partial charge in [0.25, 0.3) is 0 Å². The standard InChI is InChI=1S/C59H36N2OS/c1-5-18-37(19-6-1)41-32-48(57-45(38-20-7-2-8-21-38)35-49(39-22-9-3-10-23-39)60-58(57)40-24-11-4-12-25-40)56-44-28-17-30-51(59(44)62-53(56)33-41)61-50-29-15-13-26-42(50)46-34-47-43-27-14-16-31-54(43)63-55(47)36-52(46)61/h1-36H. The zero-order chi connectivity index (χ0) is 41.4. The van der Waals surface area contributed by atoms with E-state index in [0.717, 1.165) is 94.6 Å². The van der Waals surface area contributed by atoms with Gasteiger partial charge in [0.05, 0.1) is 28.1 Å². The fourth-order valence-electron chi connectivity index (χ4n) is 9.76. The Kier molecular flexibility index (Phi) is 8.08. The first-order chi connectivity index (χ1) is 31.2. The summed E-state index contributed by atoms with van der Waals surface area (Å²) in [7, 11) is 0. The smallest absolute Gasteiger partial charge is 0.159 e. The summed E-state index contributed by atoms with van der Waals surface area (Å²) in [6, 6.07) is 78.3. The number of rotatable bonds is 6. The Balaban J connectivity index is 1.16. The summed E-state index contributed by atoms with van der Waals surface area (Å²) in [4.78, 5) is 5.58. The van der Waals surface area contributed by atoms with Gasteiger partial charge in [-0.2, -0.15) is 0 Å². The van der Waals surface area contributed by atoms with Crippen molar-refractivity contribution in [3.8, 4) is 61.6 Å². The van der Waals surface area contributed by atoms with Crippen molar-refractivity contribution in [3.05, 3.63) is 218 Å². The van der Waals surface area contributed by atoms with Gasteiger partial charge in [-0.25, -0.2) is 4.98 Å². The summed E-state index contributed by atoms with van der Waals surface area (Å²) in [5.74, 6) is 0. The van der Waals surface area contributed by atoms with Crippen LogP contribution in [0.4, 0.5) is 0 Å². The van der Waals surface area contributed by atoms with Crippen LogP contribution in [0, 0.1) is 0 Å². The average molecular weight is 821 g/mol. The minimum absolute atomic E-state index is 0.826. The molecule has 13 aromatic rings. The van der Waals surface area contributed by atoms with Crippen LogP contribution in [0.5, 0.6) is 0 Å². The molecule has 0 aliphatic heterocycles. The summed E-state index contributed by atoms with van der Waals surface area (Å²) >= 11 is 1.85. The number of para-hydroxylation sites is 2. The normalized spacial score (nSPS) is 11.8. The number of nitrogens with zero attached hydrogens (tertiary/aromatic N) is 2. The van der Waals surface area contributed by atoms with Crippen molar-refractivity contribution >= 4 is 75.3 Å². The number of hydrogen-bond acceptors (Lipinski definition) is 3. The van der Waals surface area contributed by atoms with Crippen molar-refractivity contribution < 1.29 is 4.42 Å². The molecular weight excluding hydrogens is 785 g/mol. The van der Waals surface area contributed by atoms with Crippen molar-refractivity contribution in [3.63, 3.8) is 0 Å². The maximum absolute atomic E-state index is 7.31. The lowest BCUT2D eigenvalue weighted by Gasteiger charge is -2.19. The van der Waals surface area contributed by atoms with Gasteiger partial charge in [0.15, 0.2) is 5.58 Å². The van der Waals surface area contributed by atoms with Crippen LogP contribution >= 0.6 is 11.3 Å². The first kappa shape index (κ1) is 35.7. The van der Waals surface area contributed by atoms with Gasteiger partial charge in [0.2, 0.25) is 0 Å². The Morgan fingerprint density at radius 3 is 1.79 bits per heavy atom. The van der Waals surface area contributed by atoms with E-state index in [0.29, 0.717) is 0 Å². The van der Waals surface area contributed by atoms with E-state index in [1.165, 1.54) is 30.9 Å². The highest BCUT2D eigenvalue weighted by Gasteiger charge is 2.26. The average Bonchev–Trinajstić information content (AvgIpc) is 4.03. The van der Waals surface area contributed by atoms with Gasteiger partial charge >= 0.3 is 0 Å². The maximum atomic E-state index is 7.31. The lowest BCUT2D eigenvalue weighted by Crippen LogP contribution is -1.98. The Morgan fingerprint density at radius 1 is 0.397 bits per heavy atom. The van der Waals surface area contributed by atoms with Crippen LogP contribution in [0.15, 0.2) is 223 Å². The summed E-state index contributed by atoms with van der Waals surface area (Å²) in [6.07, 6.45) is 0. The van der Waals surface area contributed by atoms with Crippen molar-refractivity contribution in [1.82, 2.24) is 9.55 Å². The topological polar surface area (TPSA) is 31.0 Å². The van der Waals surface area contributed by atoms with E-state index in [1.54, 1.807) is 0 Å². The number of aromatic nitrogens is 2. The lowest BCUT2D eigenvalue weighted by atomic mass is 9.86. The molecule has 0 N–H and O–H groups in total. The largest absolute Gasteiger partial charge is 0.454 e. The fourth-order valence-corrected chi connectivity index (χ4v) is 10.9. The molecule has 4 heterocycles. The third kappa shape index (κ3) is 5.69. The molecule has 0 aliphatic carbocycles. The summed E-state index contributed by atoms with van der Waals surface area (Å²) < 4.78 is 12.3. The first-order valence-electron chi connectivity index (χ1n) is 21.4. The van der Waals surface area contributed by atoms with Gasteiger partial charge in [-0.1, -0.05) is 170 Å². The number of fused-ring (bicyclic) bond motifs is 9. The van der Waals surface area contributed by atoms with Gasteiger partial charge in [-0.3, -0.25) is 0 Å². The number of hydrogen-bond donors (Lipinski definition) is 0. The zero-order valence-electron chi connectivity index (χ0n) is 34.0. The molecule has 0 radical (unpaired) electrons. The van der Waals surface area contributed by atoms with E-state index in [9.17, 15) is 0 Å². The predicted molar refractivity (Wildman–Crippen MR) is 266 cm³/mol. The van der Waals surface area contributed by atoms with Gasteiger partial charge < -0.3 is 8.98 Å².